The Bertz CT molecular complexity index is 633. The molecule has 0 radical (unpaired) electrons. The van der Waals surface area contributed by atoms with E-state index >= 15 is 0 Å². The van der Waals surface area contributed by atoms with Crippen molar-refractivity contribution in [2.24, 2.45) is 11.8 Å². The van der Waals surface area contributed by atoms with Crippen LogP contribution in [0, 0.1) is 18.8 Å². The Morgan fingerprint density at radius 1 is 1.13 bits per heavy atom. The highest BCUT2D eigenvalue weighted by atomic mass is 79.9. The van der Waals surface area contributed by atoms with Crippen LogP contribution in [0.5, 0.6) is 0 Å². The van der Waals surface area contributed by atoms with Crippen LogP contribution < -0.4 is 10.9 Å². The molecule has 0 spiro atoms. The maximum atomic E-state index is 12.2. The predicted molar refractivity (Wildman–Crippen MR) is 87.6 cm³/mol. The number of aryl methyl sites for hydroxylation is 1. The molecule has 0 aliphatic heterocycles. The summed E-state index contributed by atoms with van der Waals surface area (Å²) in [5.41, 5.74) is 6.10. The van der Waals surface area contributed by atoms with Crippen LogP contribution in [0.2, 0.25) is 0 Å². The van der Waals surface area contributed by atoms with Crippen LogP contribution >= 0.6 is 15.9 Å². The summed E-state index contributed by atoms with van der Waals surface area (Å²) >= 11 is 3.35. The summed E-state index contributed by atoms with van der Waals surface area (Å²) in [6.45, 7) is 1.91. The molecule has 0 heterocycles. The van der Waals surface area contributed by atoms with Crippen LogP contribution in [0.3, 0.4) is 0 Å². The lowest BCUT2D eigenvalue weighted by atomic mass is 9.79. The Morgan fingerprint density at radius 3 is 2.39 bits per heavy atom. The van der Waals surface area contributed by atoms with E-state index in [0.29, 0.717) is 18.4 Å². The first kappa shape index (κ1) is 17.5. The molecule has 2 rings (SSSR count). The number of amides is 2. The van der Waals surface area contributed by atoms with Gasteiger partial charge in [0.2, 0.25) is 5.91 Å². The fourth-order valence-electron chi connectivity index (χ4n) is 2.76. The molecule has 0 saturated heterocycles. The molecule has 0 bridgehead atoms. The molecule has 1 aromatic carbocycles. The van der Waals surface area contributed by atoms with Gasteiger partial charge in [-0.2, -0.15) is 0 Å². The number of hydrazine groups is 1. The summed E-state index contributed by atoms with van der Waals surface area (Å²) < 4.78 is 0.801. The van der Waals surface area contributed by atoms with E-state index in [9.17, 15) is 19.5 Å². The van der Waals surface area contributed by atoms with Crippen molar-refractivity contribution in [3.05, 3.63) is 33.8 Å². The van der Waals surface area contributed by atoms with Gasteiger partial charge in [-0.05, 0) is 37.5 Å². The molecule has 3 N–H and O–H groups in total. The quantitative estimate of drug-likeness (QED) is 0.699. The van der Waals surface area contributed by atoms with Crippen LogP contribution in [0.1, 0.15) is 41.6 Å². The molecule has 0 aromatic heterocycles. The fraction of sp³-hybridized carbons (Fsp3) is 0.438. The first-order valence-electron chi connectivity index (χ1n) is 7.49. The SMILES string of the molecule is Cc1ccc(C(=O)NNC(=O)[C@H]2CCCC[C@H]2C(=O)O)cc1Br. The molecule has 23 heavy (non-hydrogen) atoms. The lowest BCUT2D eigenvalue weighted by Crippen LogP contribution is -2.47. The van der Waals surface area contributed by atoms with Crippen molar-refractivity contribution in [2.45, 2.75) is 32.6 Å². The molecule has 2 atom stereocenters. The molecular formula is C16H19BrN2O4. The van der Waals surface area contributed by atoms with E-state index in [1.54, 1.807) is 18.2 Å². The lowest BCUT2D eigenvalue weighted by molar-refractivity contribution is -0.149. The fourth-order valence-corrected chi connectivity index (χ4v) is 3.14. The third-order valence-electron chi connectivity index (χ3n) is 4.15. The van der Waals surface area contributed by atoms with E-state index < -0.39 is 29.6 Å². The molecule has 1 fully saturated rings. The monoisotopic (exact) mass is 382 g/mol. The molecule has 6 nitrogen and oxygen atoms in total. The standard InChI is InChI=1S/C16H19BrN2O4/c1-9-6-7-10(8-13(9)17)14(20)18-19-15(21)11-4-2-3-5-12(11)16(22)23/h6-8,11-12H,2-5H2,1H3,(H,18,20)(H,19,21)(H,22,23)/t11-,12+/m0/s1. The number of carboxylic acids is 1. The summed E-state index contributed by atoms with van der Waals surface area (Å²) in [4.78, 5) is 35.4. The number of carbonyl (C=O) groups is 3. The van der Waals surface area contributed by atoms with E-state index in [1.165, 1.54) is 0 Å². The van der Waals surface area contributed by atoms with Gasteiger partial charge in [-0.3, -0.25) is 25.2 Å². The number of carboxylic acid groups (broad SMARTS) is 1. The molecule has 1 aliphatic rings. The Hall–Kier alpha value is -1.89. The van der Waals surface area contributed by atoms with Crippen molar-refractivity contribution in [1.82, 2.24) is 10.9 Å². The first-order chi connectivity index (χ1) is 10.9. The smallest absolute Gasteiger partial charge is 0.307 e. The maximum absolute atomic E-state index is 12.2. The largest absolute Gasteiger partial charge is 0.481 e. The highest BCUT2D eigenvalue weighted by molar-refractivity contribution is 9.10. The molecule has 1 aromatic rings. The third kappa shape index (κ3) is 4.31. The third-order valence-corrected chi connectivity index (χ3v) is 5.01. The molecule has 124 valence electrons. The molecule has 1 saturated carbocycles. The second-order valence-corrected chi connectivity index (χ2v) is 6.60. The Morgan fingerprint density at radius 2 is 1.78 bits per heavy atom. The highest BCUT2D eigenvalue weighted by Gasteiger charge is 2.35. The molecule has 2 amide bonds. The molecule has 0 unspecified atom stereocenters. The van der Waals surface area contributed by atoms with E-state index in [2.05, 4.69) is 26.8 Å². The number of aliphatic carboxylic acids is 1. The van der Waals surface area contributed by atoms with Crippen LogP contribution in [0.25, 0.3) is 0 Å². The Labute approximate surface area is 142 Å². The van der Waals surface area contributed by atoms with Gasteiger partial charge < -0.3 is 5.11 Å². The Balaban J connectivity index is 1.96. The first-order valence-corrected chi connectivity index (χ1v) is 8.28. The van der Waals surface area contributed by atoms with Crippen molar-refractivity contribution in [2.75, 3.05) is 0 Å². The van der Waals surface area contributed by atoms with E-state index in [0.717, 1.165) is 22.9 Å². The molecule has 7 heteroatoms. The van der Waals surface area contributed by atoms with Crippen molar-refractivity contribution in [1.29, 1.82) is 0 Å². The topological polar surface area (TPSA) is 95.5 Å². The van der Waals surface area contributed by atoms with Gasteiger partial charge in [-0.25, -0.2) is 0 Å². The van der Waals surface area contributed by atoms with Crippen LogP contribution in [0.4, 0.5) is 0 Å². The number of benzene rings is 1. The second kappa shape index (κ2) is 7.59. The predicted octanol–water partition coefficient (Wildman–Crippen LogP) is 2.41. The van der Waals surface area contributed by atoms with Crippen LogP contribution in [-0.4, -0.2) is 22.9 Å². The van der Waals surface area contributed by atoms with Gasteiger partial charge in [0.1, 0.15) is 0 Å². The van der Waals surface area contributed by atoms with Gasteiger partial charge in [0.25, 0.3) is 5.91 Å². The van der Waals surface area contributed by atoms with Gasteiger partial charge in [-0.15, -0.1) is 0 Å². The average molecular weight is 383 g/mol. The van der Waals surface area contributed by atoms with E-state index in [4.69, 9.17) is 0 Å². The number of carbonyl (C=O) groups excluding carboxylic acids is 2. The number of halogens is 1. The Kier molecular flexibility index (Phi) is 5.76. The van der Waals surface area contributed by atoms with Gasteiger partial charge in [0, 0.05) is 10.0 Å². The van der Waals surface area contributed by atoms with E-state index in [1.807, 2.05) is 6.92 Å². The van der Waals surface area contributed by atoms with Crippen molar-refractivity contribution < 1.29 is 19.5 Å². The minimum absolute atomic E-state index is 0.404. The summed E-state index contributed by atoms with van der Waals surface area (Å²) in [5, 5.41) is 9.20. The van der Waals surface area contributed by atoms with Crippen molar-refractivity contribution >= 4 is 33.7 Å². The highest BCUT2D eigenvalue weighted by Crippen LogP contribution is 2.30. The molecular weight excluding hydrogens is 364 g/mol. The number of hydrogen-bond acceptors (Lipinski definition) is 3. The van der Waals surface area contributed by atoms with Crippen molar-refractivity contribution in [3.63, 3.8) is 0 Å². The van der Waals surface area contributed by atoms with E-state index in [-0.39, 0.29) is 0 Å². The maximum Gasteiger partial charge on any atom is 0.307 e. The van der Waals surface area contributed by atoms with Crippen LogP contribution in [-0.2, 0) is 9.59 Å². The number of hydrogen-bond donors (Lipinski definition) is 3. The zero-order valence-corrected chi connectivity index (χ0v) is 14.4. The minimum Gasteiger partial charge on any atom is -0.481 e. The molecule has 1 aliphatic carbocycles. The van der Waals surface area contributed by atoms with Gasteiger partial charge >= 0.3 is 5.97 Å². The summed E-state index contributed by atoms with van der Waals surface area (Å²) in [6.07, 6.45) is 2.65. The zero-order valence-electron chi connectivity index (χ0n) is 12.8. The van der Waals surface area contributed by atoms with Gasteiger partial charge in [-0.1, -0.05) is 34.8 Å². The summed E-state index contributed by atoms with van der Waals surface area (Å²) in [7, 11) is 0. The van der Waals surface area contributed by atoms with Gasteiger partial charge in [0.05, 0.1) is 11.8 Å². The normalized spacial score (nSPS) is 20.6. The summed E-state index contributed by atoms with van der Waals surface area (Å²) in [5.74, 6) is -3.14. The van der Waals surface area contributed by atoms with Crippen LogP contribution in [0.15, 0.2) is 22.7 Å². The number of nitrogens with one attached hydrogen (secondary N) is 2. The van der Waals surface area contributed by atoms with Crippen molar-refractivity contribution in [3.8, 4) is 0 Å². The van der Waals surface area contributed by atoms with Gasteiger partial charge in [0.15, 0.2) is 0 Å². The summed E-state index contributed by atoms with van der Waals surface area (Å²) in [6, 6.07) is 5.11. The zero-order chi connectivity index (χ0) is 17.0. The second-order valence-electron chi connectivity index (χ2n) is 5.74. The average Bonchev–Trinajstić information content (AvgIpc) is 2.54. The minimum atomic E-state index is -0.960. The number of rotatable bonds is 3. The lowest BCUT2D eigenvalue weighted by Gasteiger charge is -2.27.